The van der Waals surface area contributed by atoms with Gasteiger partial charge in [-0.05, 0) is 43.2 Å². The molecular formula is C19H20N4O3. The standard InChI is InChI=1S/C19H20N4O3/c24-15-5-3-14(4-6-15)18(25)22-9-11-23(12-10-22)19(26)16-7-8-20-17(21-16)13-1-2-13/h3-8,13,24H,1-2,9-12H2. The molecule has 0 unspecified atom stereocenters. The summed E-state index contributed by atoms with van der Waals surface area (Å²) < 4.78 is 0. The van der Waals surface area contributed by atoms with Crippen LogP contribution in [-0.4, -0.2) is 62.9 Å². The third-order valence-electron chi connectivity index (χ3n) is 4.80. The van der Waals surface area contributed by atoms with E-state index in [-0.39, 0.29) is 17.6 Å². The van der Waals surface area contributed by atoms with Crippen LogP contribution in [0.1, 0.15) is 45.4 Å². The first-order chi connectivity index (χ1) is 12.6. The van der Waals surface area contributed by atoms with E-state index in [2.05, 4.69) is 9.97 Å². The predicted molar refractivity (Wildman–Crippen MR) is 93.9 cm³/mol. The summed E-state index contributed by atoms with van der Waals surface area (Å²) in [6.07, 6.45) is 3.84. The fraction of sp³-hybridized carbons (Fsp3) is 0.368. The minimum Gasteiger partial charge on any atom is -0.508 e. The van der Waals surface area contributed by atoms with Crippen LogP contribution in [0.25, 0.3) is 0 Å². The van der Waals surface area contributed by atoms with E-state index < -0.39 is 0 Å². The quantitative estimate of drug-likeness (QED) is 0.908. The molecule has 2 aromatic rings. The van der Waals surface area contributed by atoms with Crippen molar-refractivity contribution in [2.75, 3.05) is 26.2 Å². The molecular weight excluding hydrogens is 332 g/mol. The number of hydrogen-bond donors (Lipinski definition) is 1. The molecule has 7 nitrogen and oxygen atoms in total. The lowest BCUT2D eigenvalue weighted by Gasteiger charge is -2.34. The Morgan fingerprint density at radius 1 is 0.923 bits per heavy atom. The van der Waals surface area contributed by atoms with Gasteiger partial charge >= 0.3 is 0 Å². The Labute approximate surface area is 151 Å². The van der Waals surface area contributed by atoms with Crippen molar-refractivity contribution in [3.05, 3.63) is 53.6 Å². The van der Waals surface area contributed by atoms with E-state index in [9.17, 15) is 14.7 Å². The van der Waals surface area contributed by atoms with Gasteiger partial charge < -0.3 is 14.9 Å². The van der Waals surface area contributed by atoms with Gasteiger partial charge in [-0.2, -0.15) is 0 Å². The number of hydrogen-bond acceptors (Lipinski definition) is 5. The van der Waals surface area contributed by atoms with Crippen LogP contribution in [0.3, 0.4) is 0 Å². The van der Waals surface area contributed by atoms with Gasteiger partial charge in [-0.25, -0.2) is 9.97 Å². The Morgan fingerprint density at radius 2 is 1.54 bits per heavy atom. The van der Waals surface area contributed by atoms with Crippen LogP contribution in [0.4, 0.5) is 0 Å². The van der Waals surface area contributed by atoms with Crippen LogP contribution in [0.15, 0.2) is 36.5 Å². The van der Waals surface area contributed by atoms with E-state index in [0.29, 0.717) is 43.4 Å². The van der Waals surface area contributed by atoms with E-state index in [1.165, 1.54) is 12.1 Å². The van der Waals surface area contributed by atoms with Crippen LogP contribution in [0.2, 0.25) is 0 Å². The maximum absolute atomic E-state index is 12.7. The van der Waals surface area contributed by atoms with Crippen molar-refractivity contribution in [2.24, 2.45) is 0 Å². The van der Waals surface area contributed by atoms with Gasteiger partial charge in [-0.15, -0.1) is 0 Å². The molecule has 2 heterocycles. The molecule has 1 aliphatic carbocycles. The topological polar surface area (TPSA) is 86.6 Å². The molecule has 4 rings (SSSR count). The number of rotatable bonds is 3. The average molecular weight is 352 g/mol. The second-order valence-corrected chi connectivity index (χ2v) is 6.71. The molecule has 0 atom stereocenters. The Balaban J connectivity index is 1.38. The number of carbonyl (C=O) groups is 2. The van der Waals surface area contributed by atoms with E-state index in [1.54, 1.807) is 34.2 Å². The molecule has 1 aromatic heterocycles. The van der Waals surface area contributed by atoms with Crippen molar-refractivity contribution in [3.8, 4) is 5.75 Å². The van der Waals surface area contributed by atoms with E-state index in [0.717, 1.165) is 18.7 Å². The van der Waals surface area contributed by atoms with Crippen molar-refractivity contribution < 1.29 is 14.7 Å². The Bertz CT molecular complexity index is 825. The first-order valence-corrected chi connectivity index (χ1v) is 8.82. The number of carbonyl (C=O) groups excluding carboxylic acids is 2. The third kappa shape index (κ3) is 3.37. The molecule has 1 saturated heterocycles. The summed E-state index contributed by atoms with van der Waals surface area (Å²) in [7, 11) is 0. The van der Waals surface area contributed by atoms with Gasteiger partial charge in [0.15, 0.2) is 0 Å². The van der Waals surface area contributed by atoms with E-state index >= 15 is 0 Å². The zero-order valence-corrected chi connectivity index (χ0v) is 14.3. The van der Waals surface area contributed by atoms with Crippen molar-refractivity contribution in [2.45, 2.75) is 18.8 Å². The summed E-state index contributed by atoms with van der Waals surface area (Å²) in [5.41, 5.74) is 0.965. The summed E-state index contributed by atoms with van der Waals surface area (Å²) in [6, 6.07) is 7.87. The van der Waals surface area contributed by atoms with Crippen molar-refractivity contribution in [1.82, 2.24) is 19.8 Å². The Hall–Kier alpha value is -2.96. The summed E-state index contributed by atoms with van der Waals surface area (Å²) in [6.45, 7) is 1.91. The zero-order valence-electron chi connectivity index (χ0n) is 14.3. The second kappa shape index (κ2) is 6.74. The Morgan fingerprint density at radius 3 is 2.15 bits per heavy atom. The lowest BCUT2D eigenvalue weighted by atomic mass is 10.1. The highest BCUT2D eigenvalue weighted by atomic mass is 16.3. The number of aromatic nitrogens is 2. The van der Waals surface area contributed by atoms with E-state index in [1.807, 2.05) is 0 Å². The molecule has 2 fully saturated rings. The zero-order chi connectivity index (χ0) is 18.1. The molecule has 1 aliphatic heterocycles. The fourth-order valence-corrected chi connectivity index (χ4v) is 3.09. The average Bonchev–Trinajstić information content (AvgIpc) is 3.53. The second-order valence-electron chi connectivity index (χ2n) is 6.71. The molecule has 7 heteroatoms. The number of aromatic hydroxyl groups is 1. The third-order valence-corrected chi connectivity index (χ3v) is 4.80. The monoisotopic (exact) mass is 352 g/mol. The van der Waals surface area contributed by atoms with Gasteiger partial charge in [0.1, 0.15) is 17.3 Å². The molecule has 1 aromatic carbocycles. The van der Waals surface area contributed by atoms with Gasteiger partial charge in [0, 0.05) is 43.9 Å². The first kappa shape index (κ1) is 16.5. The molecule has 0 spiro atoms. The summed E-state index contributed by atoms with van der Waals surface area (Å²) in [5.74, 6) is 1.10. The summed E-state index contributed by atoms with van der Waals surface area (Å²) in [4.78, 5) is 37.3. The molecule has 0 bridgehead atoms. The first-order valence-electron chi connectivity index (χ1n) is 8.82. The normalized spacial score (nSPS) is 17.2. The molecule has 0 radical (unpaired) electrons. The number of phenolic OH excluding ortho intramolecular Hbond substituents is 1. The molecule has 134 valence electrons. The maximum Gasteiger partial charge on any atom is 0.272 e. The smallest absolute Gasteiger partial charge is 0.272 e. The number of piperazine rings is 1. The van der Waals surface area contributed by atoms with Crippen molar-refractivity contribution in [3.63, 3.8) is 0 Å². The van der Waals surface area contributed by atoms with Gasteiger partial charge in [0.25, 0.3) is 11.8 Å². The molecule has 1 saturated carbocycles. The van der Waals surface area contributed by atoms with Crippen molar-refractivity contribution in [1.29, 1.82) is 0 Å². The molecule has 1 N–H and O–H groups in total. The summed E-state index contributed by atoms with van der Waals surface area (Å²) in [5, 5.41) is 9.33. The number of nitrogens with zero attached hydrogens (tertiary/aromatic N) is 4. The lowest BCUT2D eigenvalue weighted by Crippen LogP contribution is -2.50. The highest BCUT2D eigenvalue weighted by Gasteiger charge is 2.29. The Kier molecular flexibility index (Phi) is 4.28. The number of amides is 2. The van der Waals surface area contributed by atoms with Gasteiger partial charge in [-0.1, -0.05) is 0 Å². The van der Waals surface area contributed by atoms with Crippen LogP contribution in [0.5, 0.6) is 5.75 Å². The minimum atomic E-state index is -0.106. The van der Waals surface area contributed by atoms with E-state index in [4.69, 9.17) is 0 Å². The predicted octanol–water partition coefficient (Wildman–Crippen LogP) is 1.66. The molecule has 2 amide bonds. The summed E-state index contributed by atoms with van der Waals surface area (Å²) >= 11 is 0. The van der Waals surface area contributed by atoms with Gasteiger partial charge in [0.2, 0.25) is 0 Å². The van der Waals surface area contributed by atoms with Crippen LogP contribution < -0.4 is 0 Å². The molecule has 26 heavy (non-hydrogen) atoms. The van der Waals surface area contributed by atoms with Crippen LogP contribution in [0, 0.1) is 0 Å². The maximum atomic E-state index is 12.7. The van der Waals surface area contributed by atoms with Crippen molar-refractivity contribution >= 4 is 11.8 Å². The number of phenols is 1. The van der Waals surface area contributed by atoms with Gasteiger partial charge in [0.05, 0.1) is 0 Å². The number of benzene rings is 1. The highest BCUT2D eigenvalue weighted by Crippen LogP contribution is 2.37. The largest absolute Gasteiger partial charge is 0.508 e. The lowest BCUT2D eigenvalue weighted by molar-refractivity contribution is 0.0532. The minimum absolute atomic E-state index is 0.0878. The SMILES string of the molecule is O=C(c1ccc(O)cc1)N1CCN(C(=O)c2ccnc(C3CC3)n2)CC1. The fourth-order valence-electron chi connectivity index (χ4n) is 3.09. The molecule has 2 aliphatic rings. The van der Waals surface area contributed by atoms with Crippen LogP contribution >= 0.6 is 0 Å². The van der Waals surface area contributed by atoms with Crippen LogP contribution in [-0.2, 0) is 0 Å². The van der Waals surface area contributed by atoms with Gasteiger partial charge in [-0.3, -0.25) is 9.59 Å². The highest BCUT2D eigenvalue weighted by molar-refractivity contribution is 5.95.